The van der Waals surface area contributed by atoms with Gasteiger partial charge in [-0.2, -0.15) is 0 Å². The zero-order valence-electron chi connectivity index (χ0n) is 18.8. The molecule has 0 radical (unpaired) electrons. The van der Waals surface area contributed by atoms with Gasteiger partial charge in [0.05, 0.1) is 18.0 Å². The summed E-state index contributed by atoms with van der Waals surface area (Å²) in [5.41, 5.74) is 4.06. The van der Waals surface area contributed by atoms with Crippen molar-refractivity contribution < 1.29 is 24.2 Å². The van der Waals surface area contributed by atoms with E-state index < -0.39 is 17.6 Å². The Balaban J connectivity index is 1.16. The first kappa shape index (κ1) is 22.2. The number of amides is 2. The summed E-state index contributed by atoms with van der Waals surface area (Å²) in [6, 6.07) is 16.0. The summed E-state index contributed by atoms with van der Waals surface area (Å²) in [5.74, 6) is -1.38. The van der Waals surface area contributed by atoms with Gasteiger partial charge in [-0.05, 0) is 47.9 Å². The Labute approximate surface area is 198 Å². The van der Waals surface area contributed by atoms with Crippen LogP contribution in [0.25, 0.3) is 11.1 Å². The molecule has 1 saturated carbocycles. The van der Waals surface area contributed by atoms with Crippen LogP contribution >= 0.6 is 0 Å². The Bertz CT molecular complexity index is 1110. The molecule has 176 valence electrons. The standard InChI is InChI=1S/C27H28N2O5/c30-24(31)15-27(12-13-27)29-25(32)17-6-5-7-18(14-17)28-26(33)34-16-23-21-10-3-1-8-19(21)20-9-2-4-11-22(20)23/h1-5,7-11,17-18,23H,6,12-16H2,(H,28,33)(H,29,32)(H,30,31). The van der Waals surface area contributed by atoms with E-state index in [1.165, 1.54) is 11.1 Å². The maximum atomic E-state index is 12.7. The molecule has 0 spiro atoms. The molecule has 0 bridgehead atoms. The van der Waals surface area contributed by atoms with Gasteiger partial charge in [-0.1, -0.05) is 60.7 Å². The Morgan fingerprint density at radius 3 is 2.26 bits per heavy atom. The smallest absolute Gasteiger partial charge is 0.407 e. The fraction of sp³-hybridized carbons (Fsp3) is 0.370. The summed E-state index contributed by atoms with van der Waals surface area (Å²) in [6.45, 7) is 0.234. The second-order valence-electron chi connectivity index (χ2n) is 9.51. The number of fused-ring (bicyclic) bond motifs is 3. The Morgan fingerprint density at radius 1 is 1.00 bits per heavy atom. The predicted octanol–water partition coefficient (Wildman–Crippen LogP) is 3.98. The zero-order valence-corrected chi connectivity index (χ0v) is 18.8. The highest BCUT2D eigenvalue weighted by atomic mass is 16.5. The summed E-state index contributed by atoms with van der Waals surface area (Å²) in [4.78, 5) is 36.4. The number of nitrogens with one attached hydrogen (secondary N) is 2. The lowest BCUT2D eigenvalue weighted by Crippen LogP contribution is -2.45. The molecule has 34 heavy (non-hydrogen) atoms. The molecule has 1 fully saturated rings. The molecule has 5 rings (SSSR count). The van der Waals surface area contributed by atoms with Gasteiger partial charge in [0.25, 0.3) is 0 Å². The molecule has 0 saturated heterocycles. The van der Waals surface area contributed by atoms with Crippen LogP contribution in [-0.2, 0) is 14.3 Å². The van der Waals surface area contributed by atoms with Crippen LogP contribution in [0.1, 0.15) is 49.1 Å². The van der Waals surface area contributed by atoms with Crippen LogP contribution < -0.4 is 10.6 Å². The Morgan fingerprint density at radius 2 is 1.65 bits per heavy atom. The largest absolute Gasteiger partial charge is 0.481 e. The third-order valence-electron chi connectivity index (χ3n) is 7.08. The van der Waals surface area contributed by atoms with Crippen molar-refractivity contribution >= 4 is 18.0 Å². The first-order valence-electron chi connectivity index (χ1n) is 11.8. The number of hydrogen-bond acceptors (Lipinski definition) is 4. The van der Waals surface area contributed by atoms with Crippen LogP contribution in [-0.4, -0.2) is 41.3 Å². The highest BCUT2D eigenvalue weighted by molar-refractivity contribution is 5.82. The van der Waals surface area contributed by atoms with Crippen molar-refractivity contribution in [2.45, 2.75) is 49.6 Å². The number of aliphatic carboxylic acids is 1. The topological polar surface area (TPSA) is 105 Å². The summed E-state index contributed by atoms with van der Waals surface area (Å²) < 4.78 is 5.62. The van der Waals surface area contributed by atoms with Crippen LogP contribution in [0, 0.1) is 5.92 Å². The van der Waals surface area contributed by atoms with Crippen molar-refractivity contribution in [3.8, 4) is 11.1 Å². The molecule has 2 aromatic carbocycles. The molecule has 7 heteroatoms. The predicted molar refractivity (Wildman–Crippen MR) is 126 cm³/mol. The van der Waals surface area contributed by atoms with Gasteiger partial charge in [0.1, 0.15) is 6.61 Å². The van der Waals surface area contributed by atoms with E-state index in [-0.39, 0.29) is 36.8 Å². The first-order chi connectivity index (χ1) is 16.4. The van der Waals surface area contributed by atoms with E-state index >= 15 is 0 Å². The van der Waals surface area contributed by atoms with Gasteiger partial charge in [-0.3, -0.25) is 9.59 Å². The minimum absolute atomic E-state index is 0.0115. The fourth-order valence-electron chi connectivity index (χ4n) is 5.15. The van der Waals surface area contributed by atoms with Gasteiger partial charge in [-0.25, -0.2) is 4.79 Å². The first-order valence-corrected chi connectivity index (χ1v) is 11.8. The summed E-state index contributed by atoms with van der Waals surface area (Å²) in [5, 5.41) is 14.9. The minimum Gasteiger partial charge on any atom is -0.481 e. The van der Waals surface area contributed by atoms with E-state index in [9.17, 15) is 14.4 Å². The third-order valence-corrected chi connectivity index (χ3v) is 7.08. The number of benzene rings is 2. The lowest BCUT2D eigenvalue weighted by Gasteiger charge is -2.26. The summed E-state index contributed by atoms with van der Waals surface area (Å²) in [7, 11) is 0. The maximum Gasteiger partial charge on any atom is 0.407 e. The van der Waals surface area contributed by atoms with Crippen molar-refractivity contribution in [2.24, 2.45) is 5.92 Å². The van der Waals surface area contributed by atoms with Gasteiger partial charge in [0.15, 0.2) is 0 Å². The van der Waals surface area contributed by atoms with E-state index in [0.717, 1.165) is 11.1 Å². The van der Waals surface area contributed by atoms with E-state index in [2.05, 4.69) is 34.9 Å². The number of ether oxygens (including phenoxy) is 1. The van der Waals surface area contributed by atoms with E-state index in [0.29, 0.717) is 25.7 Å². The van der Waals surface area contributed by atoms with Crippen LogP contribution in [0.3, 0.4) is 0 Å². The number of carbonyl (C=O) groups excluding carboxylic acids is 2. The Kier molecular flexibility index (Phi) is 5.86. The van der Waals surface area contributed by atoms with Crippen molar-refractivity contribution in [1.29, 1.82) is 0 Å². The van der Waals surface area contributed by atoms with Crippen LogP contribution in [0.2, 0.25) is 0 Å². The van der Waals surface area contributed by atoms with Crippen molar-refractivity contribution in [3.05, 3.63) is 71.8 Å². The van der Waals surface area contributed by atoms with E-state index in [1.54, 1.807) is 0 Å². The zero-order chi connectivity index (χ0) is 23.7. The molecule has 2 amide bonds. The number of alkyl carbamates (subject to hydrolysis) is 1. The van der Waals surface area contributed by atoms with Crippen molar-refractivity contribution in [2.75, 3.05) is 6.61 Å². The van der Waals surface area contributed by atoms with Crippen molar-refractivity contribution in [1.82, 2.24) is 10.6 Å². The molecule has 3 aliphatic rings. The highest BCUT2D eigenvalue weighted by Gasteiger charge is 2.46. The molecular weight excluding hydrogens is 432 g/mol. The second kappa shape index (κ2) is 8.97. The highest BCUT2D eigenvalue weighted by Crippen LogP contribution is 2.44. The number of hydrogen-bond donors (Lipinski definition) is 3. The molecule has 3 aliphatic carbocycles. The van der Waals surface area contributed by atoms with E-state index in [1.807, 2.05) is 36.4 Å². The van der Waals surface area contributed by atoms with E-state index in [4.69, 9.17) is 9.84 Å². The quantitative estimate of drug-likeness (QED) is 0.542. The number of allylic oxidation sites excluding steroid dienone is 1. The van der Waals surface area contributed by atoms with Gasteiger partial charge in [-0.15, -0.1) is 0 Å². The molecule has 7 nitrogen and oxygen atoms in total. The Hall–Kier alpha value is -3.61. The average molecular weight is 461 g/mol. The summed E-state index contributed by atoms with van der Waals surface area (Å²) in [6.07, 6.45) is 5.61. The minimum atomic E-state index is -0.906. The molecule has 2 aromatic rings. The fourth-order valence-corrected chi connectivity index (χ4v) is 5.15. The molecule has 0 aromatic heterocycles. The molecular formula is C27H28N2O5. The normalized spacial score (nSPS) is 21.8. The monoisotopic (exact) mass is 460 g/mol. The maximum absolute atomic E-state index is 12.7. The van der Waals surface area contributed by atoms with Crippen LogP contribution in [0.4, 0.5) is 4.79 Å². The SMILES string of the molecule is O=C(O)CC1(NC(=O)C2CC=CC(NC(=O)OCC3c4ccccc4-c4ccccc43)C2)CC1. The van der Waals surface area contributed by atoms with Gasteiger partial charge < -0.3 is 20.5 Å². The summed E-state index contributed by atoms with van der Waals surface area (Å²) >= 11 is 0. The van der Waals surface area contributed by atoms with Gasteiger partial charge >= 0.3 is 12.1 Å². The second-order valence-corrected chi connectivity index (χ2v) is 9.51. The van der Waals surface area contributed by atoms with Crippen LogP contribution in [0.5, 0.6) is 0 Å². The van der Waals surface area contributed by atoms with Gasteiger partial charge in [0.2, 0.25) is 5.91 Å². The molecule has 3 N–H and O–H groups in total. The number of rotatable bonds is 7. The van der Waals surface area contributed by atoms with Crippen molar-refractivity contribution in [3.63, 3.8) is 0 Å². The molecule has 0 aliphatic heterocycles. The molecule has 2 atom stereocenters. The number of carboxylic acid groups (broad SMARTS) is 1. The number of carboxylic acids is 1. The number of carbonyl (C=O) groups is 3. The molecule has 2 unspecified atom stereocenters. The van der Waals surface area contributed by atoms with Crippen LogP contribution in [0.15, 0.2) is 60.7 Å². The average Bonchev–Trinajstić information content (AvgIpc) is 3.49. The molecule has 0 heterocycles. The lowest BCUT2D eigenvalue weighted by molar-refractivity contribution is -0.138. The van der Waals surface area contributed by atoms with Gasteiger partial charge in [0, 0.05) is 11.8 Å². The lowest BCUT2D eigenvalue weighted by atomic mass is 9.90. The third kappa shape index (κ3) is 4.55.